The molecule has 0 spiro atoms. The number of rotatable bonds is 4. The van der Waals surface area contributed by atoms with Crippen LogP contribution in [-0.4, -0.2) is 78.2 Å². The monoisotopic (exact) mass is 403 g/mol. The zero-order chi connectivity index (χ0) is 19.9. The maximum absolute atomic E-state index is 12.8. The van der Waals surface area contributed by atoms with E-state index in [0.29, 0.717) is 38.2 Å². The largest absolute Gasteiger partial charge is 0.339 e. The molecule has 2 aromatic rings. The first-order valence-electron chi connectivity index (χ1n) is 9.65. The van der Waals surface area contributed by atoms with Gasteiger partial charge in [-0.1, -0.05) is 18.2 Å². The third kappa shape index (κ3) is 3.71. The highest BCUT2D eigenvalue weighted by molar-refractivity contribution is 7.91. The number of sulfone groups is 1. The highest BCUT2D eigenvalue weighted by Gasteiger charge is 2.34. The van der Waals surface area contributed by atoms with Crippen LogP contribution in [0.2, 0.25) is 0 Å². The number of hydrogen-bond donors (Lipinski definition) is 0. The number of carbonyl (C=O) groups excluding carboxylic acids is 2. The Kier molecular flexibility index (Phi) is 5.01. The summed E-state index contributed by atoms with van der Waals surface area (Å²) in [5.74, 6) is 0.525. The van der Waals surface area contributed by atoms with Crippen molar-refractivity contribution < 1.29 is 18.0 Å². The number of hydrogen-bond acceptors (Lipinski definition) is 5. The van der Waals surface area contributed by atoms with Crippen LogP contribution in [0.25, 0.3) is 10.9 Å². The van der Waals surface area contributed by atoms with Crippen molar-refractivity contribution in [3.8, 4) is 0 Å². The van der Waals surface area contributed by atoms with Crippen LogP contribution >= 0.6 is 0 Å². The lowest BCUT2D eigenvalue weighted by molar-refractivity contribution is -0.133. The number of aromatic nitrogens is 1. The fourth-order valence-corrected chi connectivity index (χ4v) is 6.07. The molecule has 0 N–H and O–H groups in total. The number of nitrogens with zero attached hydrogens (tertiary/aromatic N) is 3. The highest BCUT2D eigenvalue weighted by atomic mass is 32.2. The summed E-state index contributed by atoms with van der Waals surface area (Å²) in [6.45, 7) is 4.36. The Morgan fingerprint density at radius 2 is 1.82 bits per heavy atom. The van der Waals surface area contributed by atoms with Crippen molar-refractivity contribution in [3.63, 3.8) is 0 Å². The zero-order valence-corrected chi connectivity index (χ0v) is 16.8. The number of fused-ring (bicyclic) bond motifs is 1. The molecule has 3 heterocycles. The molecule has 1 aromatic heterocycles. The van der Waals surface area contributed by atoms with Crippen molar-refractivity contribution in [2.45, 2.75) is 25.9 Å². The van der Waals surface area contributed by atoms with Crippen LogP contribution in [0.4, 0.5) is 0 Å². The Morgan fingerprint density at radius 1 is 1.11 bits per heavy atom. The molecule has 2 aliphatic rings. The first kappa shape index (κ1) is 19.1. The van der Waals surface area contributed by atoms with Crippen LogP contribution in [0, 0.1) is 0 Å². The first-order valence-corrected chi connectivity index (χ1v) is 11.5. The second-order valence-electron chi connectivity index (χ2n) is 7.72. The molecule has 8 heteroatoms. The van der Waals surface area contributed by atoms with Gasteiger partial charge in [-0.25, -0.2) is 8.42 Å². The Hall–Kier alpha value is -2.19. The Balaban J connectivity index is 1.42. The van der Waals surface area contributed by atoms with Gasteiger partial charge in [0.15, 0.2) is 15.6 Å². The van der Waals surface area contributed by atoms with E-state index in [4.69, 9.17) is 0 Å². The summed E-state index contributed by atoms with van der Waals surface area (Å²) in [4.78, 5) is 28.8. The van der Waals surface area contributed by atoms with E-state index in [1.807, 2.05) is 33.7 Å². The standard InChI is InChI=1S/C20H25N3O4S/c1-15(24)18-12-23(19-5-3-2-4-17(18)19)13-20(25)22-9-7-21(8-10-22)16-6-11-28(26,27)14-16/h2-5,12,16H,6-11,13-14H2,1H3/t16-/m1/s1. The second-order valence-corrected chi connectivity index (χ2v) is 9.95. The van der Waals surface area contributed by atoms with E-state index in [1.165, 1.54) is 6.92 Å². The minimum Gasteiger partial charge on any atom is -0.339 e. The summed E-state index contributed by atoms with van der Waals surface area (Å²) >= 11 is 0. The normalized spacial score (nSPS) is 22.6. The SMILES string of the molecule is CC(=O)c1cn(CC(=O)N2CCN([C@@H]3CCS(=O)(=O)C3)CC2)c2ccccc12. The highest BCUT2D eigenvalue weighted by Crippen LogP contribution is 2.23. The lowest BCUT2D eigenvalue weighted by Crippen LogP contribution is -2.52. The van der Waals surface area contributed by atoms with Crippen LogP contribution in [0.5, 0.6) is 0 Å². The van der Waals surface area contributed by atoms with E-state index in [9.17, 15) is 18.0 Å². The number of carbonyl (C=O) groups is 2. The van der Waals surface area contributed by atoms with Crippen molar-refractivity contribution in [3.05, 3.63) is 36.0 Å². The fraction of sp³-hybridized carbons (Fsp3) is 0.500. The maximum atomic E-state index is 12.8. The minimum atomic E-state index is -2.89. The number of piperazine rings is 1. The predicted molar refractivity (Wildman–Crippen MR) is 107 cm³/mol. The minimum absolute atomic E-state index is 0.0115. The lowest BCUT2D eigenvalue weighted by atomic mass is 10.1. The smallest absolute Gasteiger partial charge is 0.242 e. The van der Waals surface area contributed by atoms with Gasteiger partial charge in [0, 0.05) is 54.9 Å². The van der Waals surface area contributed by atoms with Crippen LogP contribution < -0.4 is 0 Å². The first-order chi connectivity index (χ1) is 13.3. The molecule has 4 rings (SSSR count). The number of amides is 1. The molecule has 1 atom stereocenters. The van der Waals surface area contributed by atoms with Gasteiger partial charge in [0.25, 0.3) is 0 Å². The van der Waals surface area contributed by atoms with Crippen molar-refractivity contribution >= 4 is 32.4 Å². The van der Waals surface area contributed by atoms with Gasteiger partial charge in [-0.15, -0.1) is 0 Å². The van der Waals surface area contributed by atoms with E-state index in [-0.39, 0.29) is 35.8 Å². The van der Waals surface area contributed by atoms with Crippen LogP contribution in [0.3, 0.4) is 0 Å². The van der Waals surface area contributed by atoms with E-state index >= 15 is 0 Å². The average molecular weight is 404 g/mol. The summed E-state index contributed by atoms with van der Waals surface area (Å²) in [6, 6.07) is 7.72. The van der Waals surface area contributed by atoms with Crippen LogP contribution in [0.15, 0.2) is 30.5 Å². The van der Waals surface area contributed by atoms with E-state index in [1.54, 1.807) is 6.20 Å². The summed E-state index contributed by atoms with van der Waals surface area (Å²) in [6.07, 6.45) is 2.46. The summed E-state index contributed by atoms with van der Waals surface area (Å²) in [7, 11) is -2.89. The molecule has 0 aliphatic carbocycles. The molecule has 0 radical (unpaired) electrons. The van der Waals surface area contributed by atoms with Crippen LogP contribution in [-0.2, 0) is 21.2 Å². The van der Waals surface area contributed by atoms with E-state index in [2.05, 4.69) is 4.90 Å². The van der Waals surface area contributed by atoms with E-state index < -0.39 is 9.84 Å². The molecule has 1 aromatic carbocycles. The maximum Gasteiger partial charge on any atom is 0.242 e. The van der Waals surface area contributed by atoms with Gasteiger partial charge in [-0.05, 0) is 19.4 Å². The van der Waals surface area contributed by atoms with E-state index in [0.717, 1.165) is 10.9 Å². The van der Waals surface area contributed by atoms with Crippen LogP contribution in [0.1, 0.15) is 23.7 Å². The molecular formula is C20H25N3O4S. The molecule has 150 valence electrons. The number of para-hydroxylation sites is 1. The number of ketones is 1. The third-order valence-corrected chi connectivity index (χ3v) is 7.62. The predicted octanol–water partition coefficient (Wildman–Crippen LogP) is 1.18. The third-order valence-electron chi connectivity index (χ3n) is 5.87. The quantitative estimate of drug-likeness (QED) is 0.716. The fourth-order valence-electron chi connectivity index (χ4n) is 4.30. The van der Waals surface area contributed by atoms with Gasteiger partial charge in [0.05, 0.1) is 11.5 Å². The second kappa shape index (κ2) is 7.33. The molecule has 2 aliphatic heterocycles. The summed E-state index contributed by atoms with van der Waals surface area (Å²) < 4.78 is 25.2. The summed E-state index contributed by atoms with van der Waals surface area (Å²) in [5.41, 5.74) is 1.52. The van der Waals surface area contributed by atoms with Crippen molar-refractivity contribution in [2.24, 2.45) is 0 Å². The zero-order valence-electron chi connectivity index (χ0n) is 16.0. The molecule has 1 amide bonds. The molecule has 28 heavy (non-hydrogen) atoms. The van der Waals surface area contributed by atoms with Gasteiger partial charge in [-0.2, -0.15) is 0 Å². The molecule has 0 saturated carbocycles. The van der Waals surface area contributed by atoms with Gasteiger partial charge in [0.1, 0.15) is 6.54 Å². The molecule has 2 fully saturated rings. The summed E-state index contributed by atoms with van der Waals surface area (Å²) in [5, 5.41) is 0.870. The number of Topliss-reactive ketones (excluding diaryl/α,β-unsaturated/α-hetero) is 1. The van der Waals surface area contributed by atoms with Crippen molar-refractivity contribution in [1.29, 1.82) is 0 Å². The van der Waals surface area contributed by atoms with Gasteiger partial charge >= 0.3 is 0 Å². The van der Waals surface area contributed by atoms with Crippen molar-refractivity contribution in [2.75, 3.05) is 37.7 Å². The molecule has 7 nitrogen and oxygen atoms in total. The van der Waals surface area contributed by atoms with Gasteiger partial charge in [0.2, 0.25) is 5.91 Å². The van der Waals surface area contributed by atoms with Crippen molar-refractivity contribution in [1.82, 2.24) is 14.4 Å². The lowest BCUT2D eigenvalue weighted by Gasteiger charge is -2.37. The molecule has 2 saturated heterocycles. The molecular weight excluding hydrogens is 378 g/mol. The average Bonchev–Trinajstić information content (AvgIpc) is 3.22. The Morgan fingerprint density at radius 3 is 2.46 bits per heavy atom. The van der Waals surface area contributed by atoms with Gasteiger partial charge < -0.3 is 9.47 Å². The Bertz CT molecular complexity index is 1020. The van der Waals surface area contributed by atoms with Gasteiger partial charge in [-0.3, -0.25) is 14.5 Å². The molecule has 0 unspecified atom stereocenters. The molecule has 0 bridgehead atoms. The number of benzene rings is 1. The topological polar surface area (TPSA) is 79.7 Å². The Labute approximate surface area is 164 Å².